The smallest absolute Gasteiger partial charge is 0.304 e. The fourth-order valence-electron chi connectivity index (χ4n) is 0.795. The second-order valence-corrected chi connectivity index (χ2v) is 2.84. The first-order valence-corrected chi connectivity index (χ1v) is 3.67. The summed E-state index contributed by atoms with van der Waals surface area (Å²) < 4.78 is 0. The Labute approximate surface area is 70.6 Å². The van der Waals surface area contributed by atoms with E-state index in [1.807, 2.05) is 0 Å². The molecule has 0 aromatic heterocycles. The largest absolute Gasteiger partial charge is 0.481 e. The van der Waals surface area contributed by atoms with E-state index in [0.29, 0.717) is 0 Å². The molecule has 0 bridgehead atoms. The van der Waals surface area contributed by atoms with Crippen LogP contribution in [0.15, 0.2) is 0 Å². The Morgan fingerprint density at radius 1 is 1.33 bits per heavy atom. The summed E-state index contributed by atoms with van der Waals surface area (Å²) in [7, 11) is 0. The summed E-state index contributed by atoms with van der Waals surface area (Å²) in [6, 6.07) is 0. The molecule has 68 valence electrons. The molecule has 0 aromatic carbocycles. The van der Waals surface area contributed by atoms with Gasteiger partial charge in [-0.2, -0.15) is 0 Å². The first kappa shape index (κ1) is 10.8. The normalized spacial score (nSPS) is 12.2. The molecule has 4 nitrogen and oxygen atoms in total. The summed E-state index contributed by atoms with van der Waals surface area (Å²) in [6.07, 6.45) is -0.361. The number of rotatable bonds is 5. The fourth-order valence-corrected chi connectivity index (χ4v) is 0.795. The van der Waals surface area contributed by atoms with Crippen molar-refractivity contribution in [3.63, 3.8) is 0 Å². The molecular formula is C8H12O4. The maximum atomic E-state index is 11.0. The Morgan fingerprint density at radius 2 is 1.83 bits per heavy atom. The summed E-state index contributed by atoms with van der Waals surface area (Å²) in [5, 5.41) is 8.33. The number of aliphatic carboxylic acids is 1. The van der Waals surface area contributed by atoms with Crippen molar-refractivity contribution in [1.82, 2.24) is 0 Å². The maximum Gasteiger partial charge on any atom is 0.304 e. The minimum atomic E-state index is -1.01. The third-order valence-electron chi connectivity index (χ3n) is 1.45. The van der Waals surface area contributed by atoms with Gasteiger partial charge in [0, 0.05) is 5.92 Å². The van der Waals surface area contributed by atoms with Crippen LogP contribution in [-0.4, -0.2) is 22.6 Å². The van der Waals surface area contributed by atoms with Crippen molar-refractivity contribution in [2.24, 2.45) is 5.92 Å². The van der Waals surface area contributed by atoms with Crippen molar-refractivity contribution < 1.29 is 19.5 Å². The minimum absolute atomic E-state index is 0.158. The molecule has 0 aliphatic carbocycles. The Kier molecular flexibility index (Phi) is 4.18. The van der Waals surface area contributed by atoms with Crippen molar-refractivity contribution in [3.05, 3.63) is 0 Å². The Bertz CT molecular complexity index is 207. The van der Waals surface area contributed by atoms with E-state index in [2.05, 4.69) is 0 Å². The summed E-state index contributed by atoms with van der Waals surface area (Å²) in [5.41, 5.74) is 0. The van der Waals surface area contributed by atoms with Crippen LogP contribution < -0.4 is 0 Å². The van der Waals surface area contributed by atoms with Gasteiger partial charge in [0.15, 0.2) is 0 Å². The second-order valence-electron chi connectivity index (χ2n) is 2.84. The predicted octanol–water partition coefficient (Wildman–Crippen LogP) is 0.645. The van der Waals surface area contributed by atoms with Crippen LogP contribution in [0.5, 0.6) is 0 Å². The van der Waals surface area contributed by atoms with Crippen molar-refractivity contribution in [3.8, 4) is 0 Å². The molecule has 0 heterocycles. The average Bonchev–Trinajstić information content (AvgIpc) is 1.84. The highest BCUT2D eigenvalue weighted by Gasteiger charge is 2.17. The van der Waals surface area contributed by atoms with Crippen LogP contribution in [0.3, 0.4) is 0 Å². The van der Waals surface area contributed by atoms with Crippen LogP contribution in [0, 0.1) is 5.92 Å². The van der Waals surface area contributed by atoms with Gasteiger partial charge in [0.05, 0.1) is 12.8 Å². The number of carbonyl (C=O) groups is 3. The summed E-state index contributed by atoms with van der Waals surface area (Å²) in [4.78, 5) is 31.6. The molecule has 1 atom stereocenters. The molecule has 0 saturated carbocycles. The lowest BCUT2D eigenvalue weighted by atomic mass is 9.99. The van der Waals surface area contributed by atoms with Crippen molar-refractivity contribution in [2.45, 2.75) is 26.7 Å². The van der Waals surface area contributed by atoms with E-state index < -0.39 is 11.9 Å². The molecule has 0 spiro atoms. The van der Waals surface area contributed by atoms with E-state index in [9.17, 15) is 14.4 Å². The summed E-state index contributed by atoms with van der Waals surface area (Å²) >= 11 is 0. The van der Waals surface area contributed by atoms with Crippen molar-refractivity contribution in [2.75, 3.05) is 0 Å². The predicted molar refractivity (Wildman–Crippen MR) is 41.7 cm³/mol. The Morgan fingerprint density at radius 3 is 2.17 bits per heavy atom. The highest BCUT2D eigenvalue weighted by Crippen LogP contribution is 2.06. The maximum absolute atomic E-state index is 11.0. The van der Waals surface area contributed by atoms with Gasteiger partial charge in [-0.15, -0.1) is 0 Å². The van der Waals surface area contributed by atoms with Crippen LogP contribution in [0.25, 0.3) is 0 Å². The molecule has 1 N–H and O–H groups in total. The third kappa shape index (κ3) is 4.60. The van der Waals surface area contributed by atoms with Gasteiger partial charge in [0.1, 0.15) is 11.6 Å². The molecule has 0 rings (SSSR count). The van der Waals surface area contributed by atoms with Crippen LogP contribution in [0.1, 0.15) is 26.7 Å². The molecule has 0 aliphatic rings. The van der Waals surface area contributed by atoms with Gasteiger partial charge >= 0.3 is 5.97 Å². The van der Waals surface area contributed by atoms with E-state index in [1.54, 1.807) is 0 Å². The number of carbonyl (C=O) groups excluding carboxylic acids is 2. The SMILES string of the molecule is CC(=O)CC(=O)C(C)CC(=O)O. The molecule has 1 unspecified atom stereocenters. The standard InChI is InChI=1S/C8H12O4/c1-5(3-8(11)12)7(10)4-6(2)9/h5H,3-4H2,1-2H3,(H,11,12). The van der Waals surface area contributed by atoms with E-state index in [-0.39, 0.29) is 24.4 Å². The van der Waals surface area contributed by atoms with Gasteiger partial charge in [0.25, 0.3) is 0 Å². The molecule has 12 heavy (non-hydrogen) atoms. The third-order valence-corrected chi connectivity index (χ3v) is 1.45. The lowest BCUT2D eigenvalue weighted by Crippen LogP contribution is -2.17. The minimum Gasteiger partial charge on any atom is -0.481 e. The van der Waals surface area contributed by atoms with Gasteiger partial charge in [-0.25, -0.2) is 0 Å². The Hall–Kier alpha value is -1.19. The van der Waals surface area contributed by atoms with Crippen LogP contribution in [0.2, 0.25) is 0 Å². The van der Waals surface area contributed by atoms with Crippen LogP contribution in [0.4, 0.5) is 0 Å². The van der Waals surface area contributed by atoms with Crippen molar-refractivity contribution in [1.29, 1.82) is 0 Å². The molecule has 0 fully saturated rings. The molecule has 0 amide bonds. The lowest BCUT2D eigenvalue weighted by molar-refractivity contribution is -0.141. The molecule has 0 radical (unpaired) electrons. The van der Waals surface area contributed by atoms with E-state index >= 15 is 0 Å². The van der Waals surface area contributed by atoms with E-state index in [1.165, 1.54) is 13.8 Å². The average molecular weight is 172 g/mol. The highest BCUT2D eigenvalue weighted by molar-refractivity contribution is 5.99. The van der Waals surface area contributed by atoms with Gasteiger partial charge < -0.3 is 5.11 Å². The van der Waals surface area contributed by atoms with Gasteiger partial charge in [-0.3, -0.25) is 14.4 Å². The molecular weight excluding hydrogens is 160 g/mol. The first-order chi connectivity index (χ1) is 5.43. The number of hydrogen-bond acceptors (Lipinski definition) is 3. The number of hydrogen-bond donors (Lipinski definition) is 1. The topological polar surface area (TPSA) is 71.4 Å². The molecule has 0 saturated heterocycles. The van der Waals surface area contributed by atoms with Gasteiger partial charge in [-0.05, 0) is 6.92 Å². The lowest BCUT2D eigenvalue weighted by Gasteiger charge is -2.04. The highest BCUT2D eigenvalue weighted by atomic mass is 16.4. The quantitative estimate of drug-likeness (QED) is 0.618. The number of carboxylic acid groups (broad SMARTS) is 1. The zero-order chi connectivity index (χ0) is 9.72. The number of carboxylic acids is 1. The molecule has 4 heteroatoms. The molecule has 0 aromatic rings. The van der Waals surface area contributed by atoms with Crippen LogP contribution in [-0.2, 0) is 14.4 Å². The Balaban J connectivity index is 3.93. The van der Waals surface area contributed by atoms with Gasteiger partial charge in [-0.1, -0.05) is 6.92 Å². The number of Topliss-reactive ketones (excluding diaryl/α,β-unsaturated/α-hetero) is 2. The zero-order valence-electron chi connectivity index (χ0n) is 7.16. The summed E-state index contributed by atoms with van der Waals surface area (Å²) in [5.74, 6) is -2.10. The summed E-state index contributed by atoms with van der Waals surface area (Å²) in [6.45, 7) is 2.82. The monoisotopic (exact) mass is 172 g/mol. The first-order valence-electron chi connectivity index (χ1n) is 3.67. The molecule has 0 aliphatic heterocycles. The second kappa shape index (κ2) is 4.64. The van der Waals surface area contributed by atoms with E-state index in [0.717, 1.165) is 0 Å². The number of ketones is 2. The zero-order valence-corrected chi connectivity index (χ0v) is 7.16. The van der Waals surface area contributed by atoms with Crippen LogP contribution >= 0.6 is 0 Å². The van der Waals surface area contributed by atoms with E-state index in [4.69, 9.17) is 5.11 Å². The fraction of sp³-hybridized carbons (Fsp3) is 0.625. The van der Waals surface area contributed by atoms with Crippen molar-refractivity contribution >= 4 is 17.5 Å². The van der Waals surface area contributed by atoms with Gasteiger partial charge in [0.2, 0.25) is 0 Å².